The normalized spacial score (nSPS) is 10.2. The van der Waals surface area contributed by atoms with Crippen LogP contribution in [0.25, 0.3) is 0 Å². The largest absolute Gasteiger partial charge is 0.487 e. The summed E-state index contributed by atoms with van der Waals surface area (Å²) in [6, 6.07) is 8.08. The van der Waals surface area contributed by atoms with Crippen LogP contribution in [0.15, 0.2) is 41.0 Å². The van der Waals surface area contributed by atoms with Crippen molar-refractivity contribution in [2.75, 3.05) is 12.4 Å². The number of aromatic nitrogens is 1. The van der Waals surface area contributed by atoms with E-state index < -0.39 is 0 Å². The van der Waals surface area contributed by atoms with Crippen LogP contribution < -0.4 is 10.1 Å². The van der Waals surface area contributed by atoms with E-state index in [0.29, 0.717) is 12.4 Å². The molecule has 2 rings (SSSR count). The van der Waals surface area contributed by atoms with Crippen molar-refractivity contribution in [2.24, 2.45) is 0 Å². The lowest BCUT2D eigenvalue weighted by Crippen LogP contribution is -2.02. The Morgan fingerprint density at radius 2 is 2.22 bits per heavy atom. The molecule has 0 aliphatic carbocycles. The predicted octanol–water partition coefficient (Wildman–Crippen LogP) is 3.60. The quantitative estimate of drug-likeness (QED) is 0.937. The fraction of sp³-hybridized carbons (Fsp3) is 0.154. The number of hydrogen-bond acceptors (Lipinski definition) is 3. The van der Waals surface area contributed by atoms with Gasteiger partial charge in [-0.3, -0.25) is 0 Å². The zero-order chi connectivity index (χ0) is 13.0. The Hall–Kier alpha value is -1.62. The number of nitrogens with zero attached hydrogens (tertiary/aromatic N) is 1. The maximum absolute atomic E-state index is 13.1. The molecule has 1 heterocycles. The summed E-state index contributed by atoms with van der Waals surface area (Å²) in [5, 5.41) is 2.98. The highest BCUT2D eigenvalue weighted by Crippen LogP contribution is 2.26. The molecule has 2 aromatic rings. The third-order valence-corrected chi connectivity index (χ3v) is 3.06. The highest BCUT2D eigenvalue weighted by Gasteiger charge is 2.06. The summed E-state index contributed by atoms with van der Waals surface area (Å²) in [6.45, 7) is 0.325. The van der Waals surface area contributed by atoms with Gasteiger partial charge in [0.05, 0.1) is 4.47 Å². The number of nitrogens with one attached hydrogen (secondary N) is 1. The standard InChI is InChI=1S/C13H12BrFN2O/c1-16-13-9(3-2-6-17-13)8-18-12-7-10(15)4-5-11(12)14/h2-7H,8H2,1H3,(H,16,17). The van der Waals surface area contributed by atoms with Gasteiger partial charge in [-0.25, -0.2) is 9.37 Å². The minimum absolute atomic E-state index is 0.325. The first-order valence-corrected chi connectivity index (χ1v) is 6.19. The average Bonchev–Trinajstić information content (AvgIpc) is 2.40. The summed E-state index contributed by atoms with van der Waals surface area (Å²) in [4.78, 5) is 4.17. The van der Waals surface area contributed by atoms with Crippen molar-refractivity contribution < 1.29 is 9.13 Å². The lowest BCUT2D eigenvalue weighted by atomic mass is 10.2. The summed E-state index contributed by atoms with van der Waals surface area (Å²) < 4.78 is 19.4. The molecular formula is C13H12BrFN2O. The van der Waals surface area contributed by atoms with Gasteiger partial charge < -0.3 is 10.1 Å². The van der Waals surface area contributed by atoms with Gasteiger partial charge in [0.2, 0.25) is 0 Å². The number of anilines is 1. The number of halogens is 2. The van der Waals surface area contributed by atoms with Crippen LogP contribution in [0.2, 0.25) is 0 Å². The summed E-state index contributed by atoms with van der Waals surface area (Å²) >= 11 is 3.32. The van der Waals surface area contributed by atoms with Crippen molar-refractivity contribution >= 4 is 21.7 Å². The molecule has 0 amide bonds. The van der Waals surface area contributed by atoms with Crippen molar-refractivity contribution in [2.45, 2.75) is 6.61 Å². The van der Waals surface area contributed by atoms with Gasteiger partial charge in [-0.1, -0.05) is 6.07 Å². The Morgan fingerprint density at radius 1 is 1.39 bits per heavy atom. The van der Waals surface area contributed by atoms with Gasteiger partial charge in [0.25, 0.3) is 0 Å². The van der Waals surface area contributed by atoms with Gasteiger partial charge in [-0.2, -0.15) is 0 Å². The predicted molar refractivity (Wildman–Crippen MR) is 72.2 cm³/mol. The average molecular weight is 311 g/mol. The smallest absolute Gasteiger partial charge is 0.136 e. The number of rotatable bonds is 4. The van der Waals surface area contributed by atoms with Gasteiger partial charge in [0.1, 0.15) is 24.0 Å². The maximum Gasteiger partial charge on any atom is 0.136 e. The molecule has 1 N–H and O–H groups in total. The molecule has 0 radical (unpaired) electrons. The zero-order valence-corrected chi connectivity index (χ0v) is 11.4. The van der Waals surface area contributed by atoms with E-state index in [1.165, 1.54) is 12.1 Å². The Kier molecular flexibility index (Phi) is 4.15. The van der Waals surface area contributed by atoms with E-state index in [0.717, 1.165) is 15.9 Å². The topological polar surface area (TPSA) is 34.2 Å². The Labute approximate surface area is 113 Å². The number of benzene rings is 1. The van der Waals surface area contributed by atoms with E-state index in [4.69, 9.17) is 4.74 Å². The van der Waals surface area contributed by atoms with Crippen molar-refractivity contribution in [1.82, 2.24) is 4.98 Å². The lowest BCUT2D eigenvalue weighted by molar-refractivity contribution is 0.303. The van der Waals surface area contributed by atoms with Crippen LogP contribution in [0.3, 0.4) is 0 Å². The monoisotopic (exact) mass is 310 g/mol. The van der Waals surface area contributed by atoms with E-state index in [9.17, 15) is 4.39 Å². The summed E-state index contributed by atoms with van der Waals surface area (Å²) in [5.41, 5.74) is 0.913. The van der Waals surface area contributed by atoms with Crippen LogP contribution in [0, 0.1) is 5.82 Å². The molecule has 0 atom stereocenters. The number of ether oxygens (including phenoxy) is 1. The van der Waals surface area contributed by atoms with Crippen molar-refractivity contribution in [3.63, 3.8) is 0 Å². The van der Waals surface area contributed by atoms with Gasteiger partial charge >= 0.3 is 0 Å². The number of pyridine rings is 1. The summed E-state index contributed by atoms with van der Waals surface area (Å²) in [6.07, 6.45) is 1.70. The third kappa shape index (κ3) is 2.98. The van der Waals surface area contributed by atoms with Crippen molar-refractivity contribution in [3.8, 4) is 5.75 Å². The molecule has 0 spiro atoms. The second-order valence-electron chi connectivity index (χ2n) is 3.62. The Balaban J connectivity index is 2.14. The first-order valence-electron chi connectivity index (χ1n) is 5.40. The van der Waals surface area contributed by atoms with E-state index in [1.54, 1.807) is 19.3 Å². The third-order valence-electron chi connectivity index (χ3n) is 2.40. The SMILES string of the molecule is CNc1ncccc1COc1cc(F)ccc1Br. The molecule has 0 bridgehead atoms. The van der Waals surface area contributed by atoms with Crippen LogP contribution in [0.4, 0.5) is 10.2 Å². The van der Waals surface area contributed by atoms with Crippen molar-refractivity contribution in [3.05, 3.63) is 52.4 Å². The highest BCUT2D eigenvalue weighted by molar-refractivity contribution is 9.10. The molecule has 5 heteroatoms. The molecule has 3 nitrogen and oxygen atoms in total. The first kappa shape index (κ1) is 12.8. The molecule has 0 saturated heterocycles. The van der Waals surface area contributed by atoms with E-state index in [-0.39, 0.29) is 5.82 Å². The summed E-state index contributed by atoms with van der Waals surface area (Å²) in [7, 11) is 1.80. The molecule has 1 aromatic carbocycles. The molecular weight excluding hydrogens is 299 g/mol. The molecule has 1 aromatic heterocycles. The molecule has 0 fully saturated rings. The maximum atomic E-state index is 13.1. The number of hydrogen-bond donors (Lipinski definition) is 1. The molecule has 94 valence electrons. The molecule has 0 aliphatic rings. The lowest BCUT2D eigenvalue weighted by Gasteiger charge is -2.10. The second kappa shape index (κ2) is 5.82. The van der Waals surface area contributed by atoms with Crippen LogP contribution in [0.1, 0.15) is 5.56 Å². The molecule has 0 unspecified atom stereocenters. The van der Waals surface area contributed by atoms with Crippen LogP contribution in [-0.4, -0.2) is 12.0 Å². The highest BCUT2D eigenvalue weighted by atomic mass is 79.9. The van der Waals surface area contributed by atoms with E-state index >= 15 is 0 Å². The Morgan fingerprint density at radius 3 is 3.00 bits per heavy atom. The summed E-state index contributed by atoms with van der Waals surface area (Å²) in [5.74, 6) is 0.902. The fourth-order valence-corrected chi connectivity index (χ4v) is 1.88. The molecule has 0 aliphatic heterocycles. The van der Waals surface area contributed by atoms with Gasteiger partial charge in [-0.05, 0) is 34.1 Å². The minimum atomic E-state index is -0.326. The molecule has 18 heavy (non-hydrogen) atoms. The van der Waals surface area contributed by atoms with Crippen LogP contribution in [0.5, 0.6) is 5.75 Å². The van der Waals surface area contributed by atoms with E-state index in [2.05, 4.69) is 26.2 Å². The second-order valence-corrected chi connectivity index (χ2v) is 4.48. The van der Waals surface area contributed by atoms with Crippen molar-refractivity contribution in [1.29, 1.82) is 0 Å². The van der Waals surface area contributed by atoms with E-state index in [1.807, 2.05) is 12.1 Å². The Bertz CT molecular complexity index is 548. The zero-order valence-electron chi connectivity index (χ0n) is 9.78. The minimum Gasteiger partial charge on any atom is -0.487 e. The molecule has 0 saturated carbocycles. The van der Waals surface area contributed by atoms with Crippen LogP contribution in [-0.2, 0) is 6.61 Å². The van der Waals surface area contributed by atoms with Gasteiger partial charge in [0, 0.05) is 24.9 Å². The first-order chi connectivity index (χ1) is 8.70. The van der Waals surface area contributed by atoms with Crippen LogP contribution >= 0.6 is 15.9 Å². The van der Waals surface area contributed by atoms with Gasteiger partial charge in [0.15, 0.2) is 0 Å². The fourth-order valence-electron chi connectivity index (χ4n) is 1.52. The van der Waals surface area contributed by atoms with Gasteiger partial charge in [-0.15, -0.1) is 0 Å².